The van der Waals surface area contributed by atoms with Crippen molar-refractivity contribution < 1.29 is 0 Å². The van der Waals surface area contributed by atoms with E-state index in [1.54, 1.807) is 4.68 Å². The van der Waals surface area contributed by atoms with Crippen molar-refractivity contribution in [3.63, 3.8) is 0 Å². The lowest BCUT2D eigenvalue weighted by Crippen LogP contribution is -1.98. The summed E-state index contributed by atoms with van der Waals surface area (Å²) in [5, 5.41) is 8.07. The first-order chi connectivity index (χ1) is 7.65. The Labute approximate surface area is 108 Å². The second kappa shape index (κ2) is 4.89. The normalized spacial score (nSPS) is 10.4. The molecule has 0 fully saturated rings. The number of aromatic nitrogens is 2. The second-order valence-electron chi connectivity index (χ2n) is 3.50. The van der Waals surface area contributed by atoms with Gasteiger partial charge in [0.1, 0.15) is 0 Å². The molecule has 1 heterocycles. The molecule has 1 N–H and O–H groups in total. The molecule has 0 unspecified atom stereocenters. The van der Waals surface area contributed by atoms with Crippen LogP contribution in [-0.2, 0) is 13.6 Å². The van der Waals surface area contributed by atoms with Gasteiger partial charge in [-0.2, -0.15) is 5.10 Å². The summed E-state index contributed by atoms with van der Waals surface area (Å²) in [6, 6.07) is 5.77. The Morgan fingerprint density at radius 1 is 1.50 bits per heavy atom. The van der Waals surface area contributed by atoms with Crippen molar-refractivity contribution in [3.8, 4) is 0 Å². The summed E-state index contributed by atoms with van der Waals surface area (Å²) in [6.45, 7) is 0.717. The minimum Gasteiger partial charge on any atom is -0.380 e. The minimum atomic E-state index is 0.707. The van der Waals surface area contributed by atoms with E-state index in [9.17, 15) is 0 Å². The molecular weight excluding hydrogens is 289 g/mol. The maximum absolute atomic E-state index is 6.09. The third kappa shape index (κ3) is 2.77. The van der Waals surface area contributed by atoms with E-state index in [1.807, 2.05) is 37.6 Å². The molecule has 0 saturated heterocycles. The van der Waals surface area contributed by atoms with Crippen molar-refractivity contribution in [3.05, 3.63) is 45.7 Å². The Morgan fingerprint density at radius 3 is 2.94 bits per heavy atom. The van der Waals surface area contributed by atoms with Crippen molar-refractivity contribution in [2.24, 2.45) is 7.05 Å². The number of benzene rings is 1. The van der Waals surface area contributed by atoms with Gasteiger partial charge in [0, 0.05) is 29.8 Å². The zero-order chi connectivity index (χ0) is 11.5. The first-order valence-electron chi connectivity index (χ1n) is 4.81. The Bertz CT molecular complexity index is 496. The van der Waals surface area contributed by atoms with Crippen LogP contribution in [0, 0.1) is 0 Å². The van der Waals surface area contributed by atoms with E-state index < -0.39 is 0 Å². The van der Waals surface area contributed by atoms with Crippen LogP contribution >= 0.6 is 27.5 Å². The number of anilines is 1. The zero-order valence-corrected chi connectivity index (χ0v) is 11.1. The lowest BCUT2D eigenvalue weighted by atomic mass is 10.3. The van der Waals surface area contributed by atoms with Crippen LogP contribution in [0.3, 0.4) is 0 Å². The van der Waals surface area contributed by atoms with Gasteiger partial charge in [-0.1, -0.05) is 27.5 Å². The van der Waals surface area contributed by atoms with Crippen LogP contribution in [0.1, 0.15) is 5.56 Å². The molecular formula is C11H11BrClN3. The maximum atomic E-state index is 6.09. The van der Waals surface area contributed by atoms with Crippen LogP contribution in [0.2, 0.25) is 5.02 Å². The molecule has 0 spiro atoms. The molecule has 0 bridgehead atoms. The molecule has 1 aromatic carbocycles. The van der Waals surface area contributed by atoms with Crippen molar-refractivity contribution in [2.75, 3.05) is 5.32 Å². The summed E-state index contributed by atoms with van der Waals surface area (Å²) in [7, 11) is 1.90. The van der Waals surface area contributed by atoms with Gasteiger partial charge in [-0.3, -0.25) is 4.68 Å². The quantitative estimate of drug-likeness (QED) is 0.941. The van der Waals surface area contributed by atoms with Crippen molar-refractivity contribution in [1.29, 1.82) is 0 Å². The number of nitrogens with one attached hydrogen (secondary N) is 1. The lowest BCUT2D eigenvalue weighted by molar-refractivity contribution is 0.767. The van der Waals surface area contributed by atoms with Crippen LogP contribution in [0.4, 0.5) is 5.69 Å². The van der Waals surface area contributed by atoms with Crippen molar-refractivity contribution in [1.82, 2.24) is 9.78 Å². The summed E-state index contributed by atoms with van der Waals surface area (Å²) >= 11 is 9.46. The molecule has 2 aromatic rings. The average molecular weight is 301 g/mol. The Kier molecular flexibility index (Phi) is 3.51. The predicted octanol–water partition coefficient (Wildman–Crippen LogP) is 3.45. The highest BCUT2D eigenvalue weighted by atomic mass is 79.9. The van der Waals surface area contributed by atoms with Gasteiger partial charge in [-0.25, -0.2) is 0 Å². The SMILES string of the molecule is Cn1cc(CNc2ccc(Br)cc2Cl)cn1. The van der Waals surface area contributed by atoms with Crippen molar-refractivity contribution in [2.45, 2.75) is 6.54 Å². The molecule has 0 saturated carbocycles. The predicted molar refractivity (Wildman–Crippen MR) is 69.7 cm³/mol. The Balaban J connectivity index is 2.04. The summed E-state index contributed by atoms with van der Waals surface area (Å²) < 4.78 is 2.75. The zero-order valence-electron chi connectivity index (χ0n) is 8.74. The smallest absolute Gasteiger partial charge is 0.0648 e. The first-order valence-corrected chi connectivity index (χ1v) is 5.99. The van der Waals surface area contributed by atoms with E-state index in [2.05, 4.69) is 26.3 Å². The highest BCUT2D eigenvalue weighted by Gasteiger charge is 2.01. The number of aryl methyl sites for hydroxylation is 1. The molecule has 0 radical (unpaired) electrons. The highest BCUT2D eigenvalue weighted by Crippen LogP contribution is 2.25. The van der Waals surface area contributed by atoms with E-state index in [0.29, 0.717) is 5.02 Å². The molecule has 0 amide bonds. The molecule has 0 atom stereocenters. The van der Waals surface area contributed by atoms with Gasteiger partial charge in [0.15, 0.2) is 0 Å². The van der Waals surface area contributed by atoms with Gasteiger partial charge in [-0.15, -0.1) is 0 Å². The molecule has 84 valence electrons. The van der Waals surface area contributed by atoms with Gasteiger partial charge >= 0.3 is 0 Å². The Morgan fingerprint density at radius 2 is 2.31 bits per heavy atom. The number of hydrogen-bond acceptors (Lipinski definition) is 2. The third-order valence-electron chi connectivity index (χ3n) is 2.17. The first kappa shape index (κ1) is 11.5. The van der Waals surface area contributed by atoms with E-state index >= 15 is 0 Å². The molecule has 0 aliphatic carbocycles. The van der Waals surface area contributed by atoms with E-state index in [0.717, 1.165) is 22.3 Å². The third-order valence-corrected chi connectivity index (χ3v) is 2.98. The van der Waals surface area contributed by atoms with E-state index in [-0.39, 0.29) is 0 Å². The summed E-state index contributed by atoms with van der Waals surface area (Å²) in [4.78, 5) is 0. The van der Waals surface area contributed by atoms with Crippen LogP contribution in [-0.4, -0.2) is 9.78 Å². The lowest BCUT2D eigenvalue weighted by Gasteiger charge is -2.07. The molecule has 16 heavy (non-hydrogen) atoms. The summed E-state index contributed by atoms with van der Waals surface area (Å²) in [5.74, 6) is 0. The van der Waals surface area contributed by atoms with E-state index in [4.69, 9.17) is 11.6 Å². The van der Waals surface area contributed by atoms with Gasteiger partial charge in [0.25, 0.3) is 0 Å². The highest BCUT2D eigenvalue weighted by molar-refractivity contribution is 9.10. The van der Waals surface area contributed by atoms with Crippen LogP contribution in [0.25, 0.3) is 0 Å². The number of nitrogens with zero attached hydrogens (tertiary/aromatic N) is 2. The summed E-state index contributed by atoms with van der Waals surface area (Å²) in [5.41, 5.74) is 2.05. The number of hydrogen-bond donors (Lipinski definition) is 1. The number of rotatable bonds is 3. The van der Waals surface area contributed by atoms with Crippen LogP contribution < -0.4 is 5.32 Å². The summed E-state index contributed by atoms with van der Waals surface area (Å²) in [6.07, 6.45) is 3.81. The minimum absolute atomic E-state index is 0.707. The molecule has 3 nitrogen and oxygen atoms in total. The van der Waals surface area contributed by atoms with Gasteiger partial charge in [-0.05, 0) is 18.2 Å². The average Bonchev–Trinajstić information content (AvgIpc) is 2.63. The molecule has 0 aliphatic heterocycles. The fraction of sp³-hybridized carbons (Fsp3) is 0.182. The largest absolute Gasteiger partial charge is 0.380 e. The molecule has 5 heteroatoms. The molecule has 0 aliphatic rings. The second-order valence-corrected chi connectivity index (χ2v) is 4.82. The monoisotopic (exact) mass is 299 g/mol. The van der Waals surface area contributed by atoms with E-state index in [1.165, 1.54) is 0 Å². The van der Waals surface area contributed by atoms with Gasteiger partial charge in [0.2, 0.25) is 0 Å². The standard InChI is InChI=1S/C11H11BrClN3/c1-16-7-8(6-15-16)5-14-11-3-2-9(12)4-10(11)13/h2-4,6-7,14H,5H2,1H3. The maximum Gasteiger partial charge on any atom is 0.0648 e. The molecule has 2 rings (SSSR count). The van der Waals surface area contributed by atoms with Gasteiger partial charge in [0.05, 0.1) is 16.9 Å². The fourth-order valence-electron chi connectivity index (χ4n) is 1.39. The fourth-order valence-corrected chi connectivity index (χ4v) is 2.13. The van der Waals surface area contributed by atoms with Crippen LogP contribution in [0.15, 0.2) is 35.1 Å². The van der Waals surface area contributed by atoms with Gasteiger partial charge < -0.3 is 5.32 Å². The molecule has 1 aromatic heterocycles. The Hall–Kier alpha value is -1.00. The van der Waals surface area contributed by atoms with Crippen LogP contribution in [0.5, 0.6) is 0 Å². The van der Waals surface area contributed by atoms with Crippen molar-refractivity contribution >= 4 is 33.2 Å². The topological polar surface area (TPSA) is 29.9 Å². The number of halogens is 2.